The van der Waals surface area contributed by atoms with Gasteiger partial charge in [0.25, 0.3) is 0 Å². The van der Waals surface area contributed by atoms with E-state index in [-0.39, 0.29) is 0 Å². The lowest BCUT2D eigenvalue weighted by Crippen LogP contribution is -2.44. The summed E-state index contributed by atoms with van der Waals surface area (Å²) < 4.78 is 33.1. The molecule has 1 aliphatic rings. The van der Waals surface area contributed by atoms with Gasteiger partial charge in [-0.05, 0) is 0 Å². The van der Waals surface area contributed by atoms with Crippen molar-refractivity contribution in [1.29, 1.82) is 0 Å². The summed E-state index contributed by atoms with van der Waals surface area (Å²) in [4.78, 5) is 33.8. The standard InChI is InChI=1S/C5H12O12P2/c6-3-2(1-15-18(9,10)11)16-5(8,4(3)7)17-19(12,13)14/h2-4,6-8H,1H2,(H2,9,10,11)(H2,12,13,14)/t2-,3-,4+,5+/m1/s1. The van der Waals surface area contributed by atoms with Crippen LogP contribution in [0.4, 0.5) is 0 Å². The van der Waals surface area contributed by atoms with Gasteiger partial charge >= 0.3 is 21.6 Å². The molecule has 114 valence electrons. The number of phosphoric ester groups is 2. The smallest absolute Gasteiger partial charge is 0.387 e. The Morgan fingerprint density at radius 3 is 2.05 bits per heavy atom. The van der Waals surface area contributed by atoms with Gasteiger partial charge in [-0.25, -0.2) is 13.7 Å². The SMILES string of the molecule is O=P(O)(O)OC[C@H]1O[C@](O)(OP(=O)(O)O)[C@@H](O)[C@@H]1O. The maximum Gasteiger partial charge on any atom is 0.474 e. The molecule has 1 aliphatic heterocycles. The van der Waals surface area contributed by atoms with Gasteiger partial charge in [-0.2, -0.15) is 0 Å². The average Bonchev–Trinajstić information content (AvgIpc) is 2.36. The number of ether oxygens (including phenoxy) is 1. The summed E-state index contributed by atoms with van der Waals surface area (Å²) in [5.41, 5.74) is 0. The van der Waals surface area contributed by atoms with Crippen molar-refractivity contribution in [3.8, 4) is 0 Å². The van der Waals surface area contributed by atoms with Crippen LogP contribution in [-0.2, 0) is 22.9 Å². The highest BCUT2D eigenvalue weighted by Crippen LogP contribution is 2.46. The van der Waals surface area contributed by atoms with Gasteiger partial charge in [-0.15, -0.1) is 0 Å². The number of rotatable bonds is 5. The minimum atomic E-state index is -5.26. The van der Waals surface area contributed by atoms with E-state index in [9.17, 15) is 24.4 Å². The van der Waals surface area contributed by atoms with Crippen molar-refractivity contribution >= 4 is 15.6 Å². The molecule has 0 radical (unpaired) electrons. The molecule has 0 spiro atoms. The van der Waals surface area contributed by atoms with Crippen LogP contribution in [0, 0.1) is 0 Å². The molecule has 1 heterocycles. The van der Waals surface area contributed by atoms with E-state index >= 15 is 0 Å². The molecule has 0 aromatic rings. The molecule has 7 N–H and O–H groups in total. The number of phosphoric acid groups is 2. The van der Waals surface area contributed by atoms with Crippen molar-refractivity contribution < 1.29 is 57.8 Å². The summed E-state index contributed by atoms with van der Waals surface area (Å²) in [6.45, 7) is -0.963. The number of aliphatic hydroxyl groups is 3. The molecule has 0 saturated carbocycles. The minimum absolute atomic E-state index is 0.963. The van der Waals surface area contributed by atoms with Crippen molar-refractivity contribution in [3.63, 3.8) is 0 Å². The Hall–Kier alpha value is 0.0600. The molecule has 0 aromatic heterocycles. The third-order valence-electron chi connectivity index (χ3n) is 2.06. The Morgan fingerprint density at radius 1 is 1.11 bits per heavy atom. The van der Waals surface area contributed by atoms with Crippen molar-refractivity contribution in [2.45, 2.75) is 24.3 Å². The van der Waals surface area contributed by atoms with E-state index in [4.69, 9.17) is 19.6 Å². The van der Waals surface area contributed by atoms with Crippen LogP contribution < -0.4 is 0 Å². The molecule has 0 aromatic carbocycles. The summed E-state index contributed by atoms with van der Waals surface area (Å²) in [6.07, 6.45) is -5.92. The van der Waals surface area contributed by atoms with Crippen molar-refractivity contribution in [2.24, 2.45) is 0 Å². The van der Waals surface area contributed by atoms with Gasteiger partial charge in [0, 0.05) is 0 Å². The van der Waals surface area contributed by atoms with Gasteiger partial charge in [-0.1, -0.05) is 0 Å². The molecule has 1 rings (SSSR count). The normalized spacial score (nSPS) is 36.7. The third kappa shape index (κ3) is 4.83. The second-order valence-electron chi connectivity index (χ2n) is 3.59. The fraction of sp³-hybridized carbons (Fsp3) is 1.00. The first-order valence-electron chi connectivity index (χ1n) is 4.57. The zero-order valence-electron chi connectivity index (χ0n) is 9.01. The number of aliphatic hydroxyl groups excluding tert-OH is 2. The molecule has 0 aliphatic carbocycles. The van der Waals surface area contributed by atoms with Crippen LogP contribution in [0.3, 0.4) is 0 Å². The maximum atomic E-state index is 10.6. The van der Waals surface area contributed by atoms with Crippen LogP contribution in [-0.4, -0.2) is 65.8 Å². The minimum Gasteiger partial charge on any atom is -0.387 e. The summed E-state index contributed by atoms with van der Waals surface area (Å²) in [7, 11) is -10.2. The fourth-order valence-electron chi connectivity index (χ4n) is 1.32. The molecular formula is C5H12O12P2. The molecule has 0 bridgehead atoms. The number of hydrogen-bond donors (Lipinski definition) is 7. The van der Waals surface area contributed by atoms with E-state index in [2.05, 4.69) is 13.8 Å². The Bertz CT molecular complexity index is 412. The quantitative estimate of drug-likeness (QED) is 0.199. The summed E-state index contributed by atoms with van der Waals surface area (Å²) in [5, 5.41) is 28.2. The summed E-state index contributed by atoms with van der Waals surface area (Å²) in [5.74, 6) is -3.23. The summed E-state index contributed by atoms with van der Waals surface area (Å²) >= 11 is 0. The first-order valence-corrected chi connectivity index (χ1v) is 7.63. The predicted octanol–water partition coefficient (Wildman–Crippen LogP) is -3.03. The van der Waals surface area contributed by atoms with Gasteiger partial charge in [0.05, 0.1) is 6.61 Å². The molecule has 0 amide bonds. The van der Waals surface area contributed by atoms with E-state index in [1.54, 1.807) is 0 Å². The van der Waals surface area contributed by atoms with Crippen LogP contribution in [0.1, 0.15) is 0 Å². The van der Waals surface area contributed by atoms with E-state index in [1.807, 2.05) is 0 Å². The second-order valence-corrected chi connectivity index (χ2v) is 5.99. The van der Waals surface area contributed by atoms with Crippen molar-refractivity contribution in [2.75, 3.05) is 6.61 Å². The second kappa shape index (κ2) is 5.45. The predicted molar refractivity (Wildman–Crippen MR) is 53.0 cm³/mol. The third-order valence-corrected chi connectivity index (χ3v) is 3.04. The highest BCUT2D eigenvalue weighted by atomic mass is 31.2. The van der Waals surface area contributed by atoms with Crippen LogP contribution >= 0.6 is 15.6 Å². The van der Waals surface area contributed by atoms with Crippen molar-refractivity contribution in [1.82, 2.24) is 0 Å². The van der Waals surface area contributed by atoms with Crippen LogP contribution in [0.15, 0.2) is 0 Å². The molecule has 4 atom stereocenters. The Labute approximate surface area is 105 Å². The Morgan fingerprint density at radius 2 is 1.63 bits per heavy atom. The van der Waals surface area contributed by atoms with E-state index in [0.29, 0.717) is 0 Å². The van der Waals surface area contributed by atoms with Gasteiger partial charge in [-0.3, -0.25) is 4.52 Å². The topological polar surface area (TPSA) is 203 Å². The lowest BCUT2D eigenvalue weighted by atomic mass is 10.1. The summed E-state index contributed by atoms with van der Waals surface area (Å²) in [6, 6.07) is 0. The van der Waals surface area contributed by atoms with E-state index in [0.717, 1.165) is 0 Å². The fourth-order valence-corrected chi connectivity index (χ4v) is 2.16. The molecule has 0 unspecified atom stereocenters. The largest absolute Gasteiger partial charge is 0.474 e. The number of hydrogen-bond acceptors (Lipinski definition) is 8. The highest BCUT2D eigenvalue weighted by molar-refractivity contribution is 7.46. The maximum absolute atomic E-state index is 10.6. The van der Waals surface area contributed by atoms with Crippen LogP contribution in [0.5, 0.6) is 0 Å². The first-order chi connectivity index (χ1) is 8.34. The molecule has 19 heavy (non-hydrogen) atoms. The van der Waals surface area contributed by atoms with Gasteiger partial charge in [0.1, 0.15) is 12.2 Å². The van der Waals surface area contributed by atoms with Gasteiger partial charge in [0.2, 0.25) is 0 Å². The lowest BCUT2D eigenvalue weighted by molar-refractivity contribution is -0.343. The van der Waals surface area contributed by atoms with Gasteiger partial charge < -0.3 is 39.6 Å². The van der Waals surface area contributed by atoms with E-state index in [1.165, 1.54) is 0 Å². The van der Waals surface area contributed by atoms with Crippen molar-refractivity contribution in [3.05, 3.63) is 0 Å². The van der Waals surface area contributed by atoms with Gasteiger partial charge in [0.15, 0.2) is 6.10 Å². The van der Waals surface area contributed by atoms with E-state index < -0.39 is 46.5 Å². The zero-order valence-corrected chi connectivity index (χ0v) is 10.8. The molecule has 12 nitrogen and oxygen atoms in total. The van der Waals surface area contributed by atoms with Crippen LogP contribution in [0.2, 0.25) is 0 Å². The molecular weight excluding hydrogens is 314 g/mol. The Kier molecular flexibility index (Phi) is 4.91. The molecule has 1 fully saturated rings. The molecule has 14 heteroatoms. The average molecular weight is 326 g/mol. The Balaban J connectivity index is 2.75. The zero-order chi connectivity index (χ0) is 15.1. The first kappa shape index (κ1) is 17.1. The van der Waals surface area contributed by atoms with Crippen LogP contribution in [0.25, 0.3) is 0 Å². The highest BCUT2D eigenvalue weighted by Gasteiger charge is 2.58. The lowest BCUT2D eigenvalue weighted by Gasteiger charge is -2.25. The molecule has 1 saturated heterocycles. The monoisotopic (exact) mass is 326 g/mol.